The van der Waals surface area contributed by atoms with Crippen molar-refractivity contribution in [2.45, 2.75) is 69.2 Å². The highest BCUT2D eigenvalue weighted by Gasteiger charge is 2.37. The predicted octanol–water partition coefficient (Wildman–Crippen LogP) is 6.41. The lowest BCUT2D eigenvalue weighted by Crippen LogP contribution is -2.45. The molecule has 2 saturated carbocycles. The SMILES string of the molecule is CO[C@@H]1[C@H](N)C[C@H](c2ccncc2Nc2ncc3ccc(-c4c(F)cc(C5(F)CCCC5)cc4F)nn23)C[C@@H]1C. The molecule has 2 aliphatic rings. The minimum Gasteiger partial charge on any atom is -0.380 e. The Morgan fingerprint density at radius 1 is 1.07 bits per heavy atom. The Kier molecular flexibility index (Phi) is 7.00. The van der Waals surface area contributed by atoms with Crippen LogP contribution in [0.3, 0.4) is 0 Å². The number of nitrogens with one attached hydrogen (secondary N) is 1. The third kappa shape index (κ3) is 4.73. The molecule has 2 fully saturated rings. The summed E-state index contributed by atoms with van der Waals surface area (Å²) >= 11 is 0. The minimum atomic E-state index is -1.69. The van der Waals surface area contributed by atoms with Crippen LogP contribution in [0.15, 0.2) is 48.9 Å². The van der Waals surface area contributed by atoms with Gasteiger partial charge in [0.1, 0.15) is 17.3 Å². The van der Waals surface area contributed by atoms with Crippen LogP contribution < -0.4 is 11.1 Å². The summed E-state index contributed by atoms with van der Waals surface area (Å²) in [5.74, 6) is -0.829. The first-order valence-corrected chi connectivity index (χ1v) is 13.8. The van der Waals surface area contributed by atoms with Crippen molar-refractivity contribution >= 4 is 17.2 Å². The number of methoxy groups -OCH3 is 1. The Hall–Kier alpha value is -3.50. The molecule has 3 N–H and O–H groups in total. The van der Waals surface area contributed by atoms with Gasteiger partial charge in [0.15, 0.2) is 0 Å². The average Bonchev–Trinajstić information content (AvgIpc) is 3.55. The summed E-state index contributed by atoms with van der Waals surface area (Å²) in [6, 6.07) is 7.33. The van der Waals surface area contributed by atoms with Crippen molar-refractivity contribution < 1.29 is 17.9 Å². The van der Waals surface area contributed by atoms with Gasteiger partial charge in [0.2, 0.25) is 5.95 Å². The number of ether oxygens (including phenoxy) is 1. The number of nitrogens with two attached hydrogens (primary N) is 1. The van der Waals surface area contributed by atoms with Crippen LogP contribution >= 0.6 is 0 Å². The van der Waals surface area contributed by atoms with Crippen molar-refractivity contribution in [3.8, 4) is 11.3 Å². The molecule has 0 aliphatic heterocycles. The van der Waals surface area contributed by atoms with Crippen molar-refractivity contribution in [2.75, 3.05) is 12.4 Å². The zero-order valence-electron chi connectivity index (χ0n) is 22.6. The largest absolute Gasteiger partial charge is 0.380 e. The van der Waals surface area contributed by atoms with Gasteiger partial charge < -0.3 is 15.8 Å². The fourth-order valence-corrected chi connectivity index (χ4v) is 6.61. The number of fused-ring (bicyclic) bond motifs is 1. The van der Waals surface area contributed by atoms with Gasteiger partial charge in [-0.25, -0.2) is 18.2 Å². The number of hydrogen-bond donors (Lipinski definition) is 2. The highest BCUT2D eigenvalue weighted by Crippen LogP contribution is 2.44. The predicted molar refractivity (Wildman–Crippen MR) is 147 cm³/mol. The molecule has 0 unspecified atom stereocenters. The van der Waals surface area contributed by atoms with Gasteiger partial charge in [0.25, 0.3) is 0 Å². The van der Waals surface area contributed by atoms with E-state index in [1.165, 1.54) is 10.6 Å². The number of benzene rings is 1. The monoisotopic (exact) mass is 550 g/mol. The quantitative estimate of drug-likeness (QED) is 0.288. The fourth-order valence-electron chi connectivity index (χ4n) is 6.61. The van der Waals surface area contributed by atoms with Crippen LogP contribution in [-0.4, -0.2) is 38.8 Å². The first-order valence-electron chi connectivity index (χ1n) is 13.8. The van der Waals surface area contributed by atoms with Gasteiger partial charge >= 0.3 is 0 Å². The van der Waals surface area contributed by atoms with Crippen molar-refractivity contribution in [1.82, 2.24) is 19.6 Å². The van der Waals surface area contributed by atoms with E-state index < -0.39 is 17.3 Å². The maximum Gasteiger partial charge on any atom is 0.229 e. The van der Waals surface area contributed by atoms with E-state index >= 15 is 13.2 Å². The Morgan fingerprint density at radius 3 is 2.52 bits per heavy atom. The summed E-state index contributed by atoms with van der Waals surface area (Å²) in [5, 5.41) is 7.84. The lowest BCUT2D eigenvalue weighted by atomic mass is 9.74. The molecule has 3 aromatic heterocycles. The van der Waals surface area contributed by atoms with Crippen LogP contribution in [0, 0.1) is 17.6 Å². The number of pyridine rings is 1. The molecular formula is C30H33F3N6O. The van der Waals surface area contributed by atoms with Gasteiger partial charge in [-0.15, -0.1) is 0 Å². The molecule has 6 rings (SSSR count). The second-order valence-corrected chi connectivity index (χ2v) is 11.2. The molecule has 4 aromatic rings. The van der Waals surface area contributed by atoms with Gasteiger partial charge in [-0.3, -0.25) is 4.98 Å². The summed E-state index contributed by atoms with van der Waals surface area (Å²) in [6.45, 7) is 2.15. The van der Waals surface area contributed by atoms with Crippen LogP contribution in [0.2, 0.25) is 0 Å². The molecule has 3 heterocycles. The standard InChI is InChI=1S/C30H33F3N6O/c1-17-11-18(12-24(34)28(17)40-2)21-7-10-35-16-26(21)37-29-36-15-20-5-6-25(38-39(20)29)27-22(31)13-19(14-23(27)32)30(33)8-3-4-9-30/h5-7,10,13-18,24,28H,3-4,8-9,11-12,34H2,1-2H3,(H,36,37)/t17-,18+,24+,28-/m0/s1. The molecule has 0 saturated heterocycles. The maximum atomic E-state index is 15.3. The zero-order chi connectivity index (χ0) is 28.0. The highest BCUT2D eigenvalue weighted by atomic mass is 19.1. The third-order valence-electron chi connectivity index (χ3n) is 8.60. The Bertz CT molecular complexity index is 1500. The molecule has 4 atom stereocenters. The number of imidazole rings is 1. The summed E-state index contributed by atoms with van der Waals surface area (Å²) in [5.41, 5.74) is 7.04. The average molecular weight is 551 g/mol. The first-order chi connectivity index (χ1) is 19.3. The summed E-state index contributed by atoms with van der Waals surface area (Å²) in [7, 11) is 1.70. The lowest BCUT2D eigenvalue weighted by Gasteiger charge is -2.38. The van der Waals surface area contributed by atoms with Crippen molar-refractivity contribution in [2.24, 2.45) is 11.7 Å². The van der Waals surface area contributed by atoms with E-state index in [-0.39, 0.29) is 53.6 Å². The van der Waals surface area contributed by atoms with E-state index in [2.05, 4.69) is 27.3 Å². The molecule has 0 radical (unpaired) electrons. The molecule has 0 spiro atoms. The molecule has 1 aromatic carbocycles. The smallest absolute Gasteiger partial charge is 0.229 e. The number of anilines is 2. The molecule has 210 valence electrons. The number of nitrogens with zero attached hydrogens (tertiary/aromatic N) is 4. The number of hydrogen-bond acceptors (Lipinski definition) is 6. The second-order valence-electron chi connectivity index (χ2n) is 11.2. The van der Waals surface area contributed by atoms with E-state index in [1.807, 2.05) is 6.07 Å². The summed E-state index contributed by atoms with van der Waals surface area (Å²) in [6.07, 6.45) is 8.74. The molecule has 2 aliphatic carbocycles. The first kappa shape index (κ1) is 26.7. The van der Waals surface area contributed by atoms with E-state index in [9.17, 15) is 0 Å². The van der Waals surface area contributed by atoms with Gasteiger partial charge in [0.05, 0.1) is 41.0 Å². The summed E-state index contributed by atoms with van der Waals surface area (Å²) in [4.78, 5) is 8.77. The van der Waals surface area contributed by atoms with Gasteiger partial charge in [-0.1, -0.05) is 6.92 Å². The van der Waals surface area contributed by atoms with Crippen molar-refractivity contribution in [3.05, 3.63) is 71.7 Å². The minimum absolute atomic E-state index is 0.0109. The zero-order valence-corrected chi connectivity index (χ0v) is 22.6. The van der Waals surface area contributed by atoms with Crippen LogP contribution in [-0.2, 0) is 10.4 Å². The van der Waals surface area contributed by atoms with Crippen LogP contribution in [0.25, 0.3) is 16.8 Å². The highest BCUT2D eigenvalue weighted by molar-refractivity contribution is 5.66. The van der Waals surface area contributed by atoms with E-state index in [0.717, 1.165) is 36.2 Å². The van der Waals surface area contributed by atoms with Gasteiger partial charge in [-0.2, -0.15) is 9.61 Å². The van der Waals surface area contributed by atoms with Crippen LogP contribution in [0.1, 0.15) is 62.5 Å². The lowest BCUT2D eigenvalue weighted by molar-refractivity contribution is 0.00984. The Morgan fingerprint density at radius 2 is 1.82 bits per heavy atom. The molecule has 7 nitrogen and oxygen atoms in total. The number of aromatic nitrogens is 4. The number of halogens is 3. The van der Waals surface area contributed by atoms with Crippen molar-refractivity contribution in [3.63, 3.8) is 0 Å². The summed E-state index contributed by atoms with van der Waals surface area (Å²) < 4.78 is 52.9. The van der Waals surface area contributed by atoms with Gasteiger partial charge in [-0.05, 0) is 91.8 Å². The number of alkyl halides is 1. The van der Waals surface area contributed by atoms with E-state index in [0.29, 0.717) is 24.3 Å². The normalized spacial score (nSPS) is 24.4. The van der Waals surface area contributed by atoms with E-state index in [1.54, 1.807) is 31.8 Å². The molecule has 40 heavy (non-hydrogen) atoms. The van der Waals surface area contributed by atoms with Crippen LogP contribution in [0.5, 0.6) is 0 Å². The number of rotatable bonds is 6. The fraction of sp³-hybridized carbons (Fsp3) is 0.433. The van der Waals surface area contributed by atoms with E-state index in [4.69, 9.17) is 10.5 Å². The van der Waals surface area contributed by atoms with Crippen molar-refractivity contribution in [1.29, 1.82) is 0 Å². The molecular weight excluding hydrogens is 517 g/mol. The molecule has 10 heteroatoms. The molecule has 0 amide bonds. The van der Waals surface area contributed by atoms with Gasteiger partial charge in [0, 0.05) is 19.3 Å². The Labute approximate surface area is 231 Å². The second kappa shape index (κ2) is 10.5. The third-order valence-corrected chi connectivity index (χ3v) is 8.60. The topological polar surface area (TPSA) is 90.4 Å². The molecule has 0 bridgehead atoms. The maximum absolute atomic E-state index is 15.3. The van der Waals surface area contributed by atoms with Crippen LogP contribution in [0.4, 0.5) is 24.8 Å². The Balaban J connectivity index is 1.32.